The largest absolute Gasteiger partial charge is 0.462 e. The number of rotatable bonds is 2. The Balaban J connectivity index is 2.57. The fourth-order valence-corrected chi connectivity index (χ4v) is 2.55. The van der Waals surface area contributed by atoms with Gasteiger partial charge in [0.15, 0.2) is 0 Å². The summed E-state index contributed by atoms with van der Waals surface area (Å²) in [6.07, 6.45) is 2.83. The molecule has 0 atom stereocenters. The van der Waals surface area contributed by atoms with Crippen molar-refractivity contribution in [3.8, 4) is 0 Å². The first-order valence-corrected chi connectivity index (χ1v) is 6.39. The molecule has 0 saturated heterocycles. The van der Waals surface area contributed by atoms with Crippen LogP contribution in [0.1, 0.15) is 41.4 Å². The van der Waals surface area contributed by atoms with Crippen LogP contribution in [0.4, 0.5) is 10.6 Å². The monoisotopic (exact) mass is 266 g/mol. The van der Waals surface area contributed by atoms with Gasteiger partial charge in [-0.15, -0.1) is 0 Å². The number of anilines is 1. The van der Waals surface area contributed by atoms with Crippen molar-refractivity contribution in [2.75, 3.05) is 19.5 Å². The number of nitrogens with two attached hydrogens (primary N) is 1. The molecule has 1 aromatic rings. The number of carbonyl (C=O) groups is 2. The molecule has 2 N–H and O–H groups in total. The molecule has 0 radical (unpaired) electrons. The molecule has 0 amide bonds. The minimum absolute atomic E-state index is 0.122. The van der Waals surface area contributed by atoms with Crippen molar-refractivity contribution in [2.24, 2.45) is 0 Å². The van der Waals surface area contributed by atoms with E-state index in [0.717, 1.165) is 30.5 Å². The standard InChI is InChI=1S/C13H18N2O4/c1-3-19-12(16)10-8-6-4-5-7-9(8)15(11(10)14)13(17)18-2/h3-7,14H2,1-2H3. The molecule has 1 heterocycles. The van der Waals surface area contributed by atoms with Gasteiger partial charge >= 0.3 is 12.1 Å². The van der Waals surface area contributed by atoms with Crippen LogP contribution in [-0.4, -0.2) is 30.3 Å². The summed E-state index contributed by atoms with van der Waals surface area (Å²) in [5, 5.41) is 0. The highest BCUT2D eigenvalue weighted by Crippen LogP contribution is 2.32. The van der Waals surface area contributed by atoms with Crippen molar-refractivity contribution < 1.29 is 19.1 Å². The number of carbonyl (C=O) groups excluding carboxylic acids is 2. The van der Waals surface area contributed by atoms with Crippen LogP contribution in [0.25, 0.3) is 0 Å². The van der Waals surface area contributed by atoms with Crippen LogP contribution < -0.4 is 5.73 Å². The van der Waals surface area contributed by atoms with Gasteiger partial charge in [0, 0.05) is 5.69 Å². The molecule has 19 heavy (non-hydrogen) atoms. The van der Waals surface area contributed by atoms with Crippen LogP contribution >= 0.6 is 0 Å². The molecule has 0 unspecified atom stereocenters. The van der Waals surface area contributed by atoms with Gasteiger partial charge in [-0.1, -0.05) is 0 Å². The number of ether oxygens (including phenoxy) is 2. The van der Waals surface area contributed by atoms with E-state index in [2.05, 4.69) is 0 Å². The van der Waals surface area contributed by atoms with E-state index >= 15 is 0 Å². The van der Waals surface area contributed by atoms with Gasteiger partial charge in [0.05, 0.1) is 13.7 Å². The van der Waals surface area contributed by atoms with Gasteiger partial charge in [0.2, 0.25) is 0 Å². The molecular weight excluding hydrogens is 248 g/mol. The van der Waals surface area contributed by atoms with Crippen LogP contribution in [-0.2, 0) is 22.3 Å². The maximum atomic E-state index is 12.0. The second-order valence-corrected chi connectivity index (χ2v) is 4.42. The zero-order chi connectivity index (χ0) is 14.0. The van der Waals surface area contributed by atoms with Crippen molar-refractivity contribution in [1.82, 2.24) is 4.57 Å². The zero-order valence-corrected chi connectivity index (χ0v) is 11.2. The van der Waals surface area contributed by atoms with Crippen molar-refractivity contribution in [3.63, 3.8) is 0 Å². The van der Waals surface area contributed by atoms with E-state index < -0.39 is 12.1 Å². The number of hydrogen-bond donors (Lipinski definition) is 1. The van der Waals surface area contributed by atoms with E-state index in [0.29, 0.717) is 12.0 Å². The predicted molar refractivity (Wildman–Crippen MR) is 69.2 cm³/mol. The van der Waals surface area contributed by atoms with E-state index in [9.17, 15) is 9.59 Å². The Kier molecular flexibility index (Phi) is 3.78. The molecule has 2 rings (SSSR count). The van der Waals surface area contributed by atoms with E-state index in [4.69, 9.17) is 15.2 Å². The Hall–Kier alpha value is -1.98. The summed E-state index contributed by atoms with van der Waals surface area (Å²) in [7, 11) is 1.29. The molecule has 0 aliphatic heterocycles. The molecule has 6 heteroatoms. The maximum absolute atomic E-state index is 12.0. The Morgan fingerprint density at radius 1 is 1.32 bits per heavy atom. The number of hydrogen-bond acceptors (Lipinski definition) is 5. The number of nitrogens with zero attached hydrogens (tertiary/aromatic N) is 1. The van der Waals surface area contributed by atoms with Crippen LogP contribution in [0.5, 0.6) is 0 Å². The molecular formula is C13H18N2O4. The summed E-state index contributed by atoms with van der Waals surface area (Å²) in [6, 6.07) is 0. The fourth-order valence-electron chi connectivity index (χ4n) is 2.55. The number of esters is 1. The average Bonchev–Trinajstić information content (AvgIpc) is 2.70. The summed E-state index contributed by atoms with van der Waals surface area (Å²) >= 11 is 0. The maximum Gasteiger partial charge on any atom is 0.419 e. The normalized spacial score (nSPS) is 13.8. The molecule has 1 aliphatic rings. The quantitative estimate of drug-likeness (QED) is 0.824. The highest BCUT2D eigenvalue weighted by Gasteiger charge is 2.30. The van der Waals surface area contributed by atoms with Crippen LogP contribution in [0.3, 0.4) is 0 Å². The number of fused-ring (bicyclic) bond motifs is 1. The molecule has 0 spiro atoms. The first kappa shape index (κ1) is 13.5. The second kappa shape index (κ2) is 5.34. The van der Waals surface area contributed by atoms with Gasteiger partial charge < -0.3 is 15.2 Å². The molecule has 1 aromatic heterocycles. The smallest absolute Gasteiger partial charge is 0.419 e. The lowest BCUT2D eigenvalue weighted by atomic mass is 9.95. The molecule has 104 valence electrons. The van der Waals surface area contributed by atoms with E-state index in [1.54, 1.807) is 6.92 Å². The van der Waals surface area contributed by atoms with Crippen molar-refractivity contribution in [1.29, 1.82) is 0 Å². The molecule has 0 saturated carbocycles. The van der Waals surface area contributed by atoms with Crippen LogP contribution in [0.2, 0.25) is 0 Å². The van der Waals surface area contributed by atoms with Gasteiger partial charge in [0.25, 0.3) is 0 Å². The highest BCUT2D eigenvalue weighted by atomic mass is 16.5. The van der Waals surface area contributed by atoms with E-state index in [1.807, 2.05) is 0 Å². The number of aromatic nitrogens is 1. The van der Waals surface area contributed by atoms with Gasteiger partial charge in [-0.2, -0.15) is 0 Å². The fraction of sp³-hybridized carbons (Fsp3) is 0.538. The first-order chi connectivity index (χ1) is 9.11. The zero-order valence-electron chi connectivity index (χ0n) is 11.2. The predicted octanol–water partition coefficient (Wildman–Crippen LogP) is 1.74. The molecule has 0 fully saturated rings. The van der Waals surface area contributed by atoms with Gasteiger partial charge in [-0.3, -0.25) is 0 Å². The third-order valence-corrected chi connectivity index (χ3v) is 3.34. The number of nitrogen functional groups attached to an aromatic ring is 1. The lowest BCUT2D eigenvalue weighted by Gasteiger charge is -2.14. The minimum atomic E-state index is -0.564. The second-order valence-electron chi connectivity index (χ2n) is 4.42. The molecule has 1 aliphatic carbocycles. The first-order valence-electron chi connectivity index (χ1n) is 6.39. The lowest BCUT2D eigenvalue weighted by Crippen LogP contribution is -2.18. The highest BCUT2D eigenvalue weighted by molar-refractivity contribution is 5.99. The van der Waals surface area contributed by atoms with Crippen LogP contribution in [0.15, 0.2) is 0 Å². The SMILES string of the molecule is CCOC(=O)c1c2c(n(C(=O)OC)c1N)CCCC2. The third-order valence-electron chi connectivity index (χ3n) is 3.34. The Labute approximate surface area is 111 Å². The van der Waals surface area contributed by atoms with Gasteiger partial charge in [0.1, 0.15) is 11.4 Å². The van der Waals surface area contributed by atoms with Crippen molar-refractivity contribution in [3.05, 3.63) is 16.8 Å². The van der Waals surface area contributed by atoms with Crippen molar-refractivity contribution in [2.45, 2.75) is 32.6 Å². The van der Waals surface area contributed by atoms with E-state index in [1.165, 1.54) is 11.7 Å². The molecule has 0 bridgehead atoms. The summed E-state index contributed by atoms with van der Waals surface area (Å²) in [4.78, 5) is 23.8. The topological polar surface area (TPSA) is 83.5 Å². The Bertz CT molecular complexity index is 519. The summed E-state index contributed by atoms with van der Waals surface area (Å²) in [5.74, 6) is -0.349. The number of methoxy groups -OCH3 is 1. The lowest BCUT2D eigenvalue weighted by molar-refractivity contribution is 0.0526. The van der Waals surface area contributed by atoms with Crippen LogP contribution in [0, 0.1) is 0 Å². The Morgan fingerprint density at radius 2 is 2.00 bits per heavy atom. The average molecular weight is 266 g/mol. The third kappa shape index (κ3) is 2.18. The minimum Gasteiger partial charge on any atom is -0.462 e. The van der Waals surface area contributed by atoms with Gasteiger partial charge in [-0.25, -0.2) is 14.2 Å². The van der Waals surface area contributed by atoms with Gasteiger partial charge in [-0.05, 0) is 38.2 Å². The summed E-state index contributed by atoms with van der Waals surface area (Å²) in [6.45, 7) is 2.01. The Morgan fingerprint density at radius 3 is 2.63 bits per heavy atom. The molecule has 0 aromatic carbocycles. The van der Waals surface area contributed by atoms with Crippen molar-refractivity contribution >= 4 is 17.9 Å². The molecule has 6 nitrogen and oxygen atoms in total. The van der Waals surface area contributed by atoms with E-state index in [-0.39, 0.29) is 12.4 Å². The summed E-state index contributed by atoms with van der Waals surface area (Å²) < 4.78 is 11.0. The summed E-state index contributed by atoms with van der Waals surface area (Å²) in [5.41, 5.74) is 7.88.